The predicted octanol–water partition coefficient (Wildman–Crippen LogP) is 2.74. The van der Waals surface area contributed by atoms with Gasteiger partial charge in [0.25, 0.3) is 0 Å². The Kier molecular flexibility index (Phi) is 3.98. The maximum atomic E-state index is 13.2. The van der Waals surface area contributed by atoms with Crippen molar-refractivity contribution >= 4 is 22.4 Å². The van der Waals surface area contributed by atoms with Crippen molar-refractivity contribution in [3.8, 4) is 11.3 Å². The van der Waals surface area contributed by atoms with Crippen LogP contribution in [0, 0.1) is 17.7 Å². The zero-order valence-electron chi connectivity index (χ0n) is 11.6. The number of carbonyl (C=O) groups excluding carboxylic acids is 1. The summed E-state index contributed by atoms with van der Waals surface area (Å²) in [7, 11) is 0. The maximum Gasteiger partial charge on any atom is 0.229 e. The number of aromatic nitrogens is 1. The zero-order chi connectivity index (χ0) is 14.8. The summed E-state index contributed by atoms with van der Waals surface area (Å²) in [4.78, 5) is 16.5. The summed E-state index contributed by atoms with van der Waals surface area (Å²) < 4.78 is 13.2. The normalized spacial score (nSPS) is 16.3. The SMILES string of the molecule is CC(C(=O)Nc1nc(-c2cccc(F)c2)cs1)C1CNC1. The molecule has 0 bridgehead atoms. The molecule has 2 aromatic rings. The highest BCUT2D eigenvalue weighted by molar-refractivity contribution is 7.14. The number of halogens is 1. The molecule has 2 heterocycles. The van der Waals surface area contributed by atoms with Crippen molar-refractivity contribution in [3.63, 3.8) is 0 Å². The van der Waals surface area contributed by atoms with E-state index in [9.17, 15) is 9.18 Å². The van der Waals surface area contributed by atoms with Gasteiger partial charge < -0.3 is 10.6 Å². The van der Waals surface area contributed by atoms with Crippen LogP contribution in [0.4, 0.5) is 9.52 Å². The van der Waals surface area contributed by atoms with Crippen LogP contribution in [0.15, 0.2) is 29.6 Å². The van der Waals surface area contributed by atoms with Crippen LogP contribution in [0.25, 0.3) is 11.3 Å². The van der Waals surface area contributed by atoms with E-state index in [-0.39, 0.29) is 17.6 Å². The molecule has 1 aromatic heterocycles. The van der Waals surface area contributed by atoms with Crippen molar-refractivity contribution in [2.24, 2.45) is 11.8 Å². The highest BCUT2D eigenvalue weighted by Gasteiger charge is 2.29. The first-order valence-corrected chi connectivity index (χ1v) is 7.74. The molecule has 4 nitrogen and oxygen atoms in total. The molecule has 110 valence electrons. The molecule has 1 fully saturated rings. The average Bonchev–Trinajstić information content (AvgIpc) is 2.85. The number of thiazole rings is 1. The van der Waals surface area contributed by atoms with Crippen molar-refractivity contribution in [1.82, 2.24) is 10.3 Å². The Bertz CT molecular complexity index is 654. The van der Waals surface area contributed by atoms with E-state index in [1.807, 2.05) is 12.3 Å². The average molecular weight is 305 g/mol. The van der Waals surface area contributed by atoms with Crippen LogP contribution in [0.2, 0.25) is 0 Å². The molecule has 1 aromatic carbocycles. The quantitative estimate of drug-likeness (QED) is 0.913. The van der Waals surface area contributed by atoms with Crippen LogP contribution in [0.3, 0.4) is 0 Å². The molecule has 1 atom stereocenters. The number of carbonyl (C=O) groups is 1. The van der Waals surface area contributed by atoms with E-state index in [2.05, 4.69) is 15.6 Å². The smallest absolute Gasteiger partial charge is 0.229 e. The van der Waals surface area contributed by atoms with Gasteiger partial charge in [-0.25, -0.2) is 9.37 Å². The van der Waals surface area contributed by atoms with Crippen molar-refractivity contribution < 1.29 is 9.18 Å². The molecule has 0 saturated carbocycles. The lowest BCUT2D eigenvalue weighted by Crippen LogP contribution is -2.48. The topological polar surface area (TPSA) is 54.0 Å². The van der Waals surface area contributed by atoms with Gasteiger partial charge in [0.2, 0.25) is 5.91 Å². The van der Waals surface area contributed by atoms with Gasteiger partial charge in [0.15, 0.2) is 5.13 Å². The van der Waals surface area contributed by atoms with E-state index in [1.165, 1.54) is 23.5 Å². The highest BCUT2D eigenvalue weighted by atomic mass is 32.1. The molecule has 1 unspecified atom stereocenters. The number of amides is 1. The summed E-state index contributed by atoms with van der Waals surface area (Å²) >= 11 is 1.35. The third-order valence-corrected chi connectivity index (χ3v) is 4.55. The second kappa shape index (κ2) is 5.91. The van der Waals surface area contributed by atoms with E-state index < -0.39 is 0 Å². The van der Waals surface area contributed by atoms with E-state index in [0.717, 1.165) is 13.1 Å². The summed E-state index contributed by atoms with van der Waals surface area (Å²) in [6.07, 6.45) is 0. The molecule has 21 heavy (non-hydrogen) atoms. The van der Waals surface area contributed by atoms with Crippen LogP contribution < -0.4 is 10.6 Å². The van der Waals surface area contributed by atoms with Crippen LogP contribution in [0.5, 0.6) is 0 Å². The third-order valence-electron chi connectivity index (χ3n) is 3.79. The number of hydrogen-bond acceptors (Lipinski definition) is 4. The summed E-state index contributed by atoms with van der Waals surface area (Å²) in [5, 5.41) is 8.38. The molecule has 1 amide bonds. The van der Waals surface area contributed by atoms with Crippen LogP contribution in [0.1, 0.15) is 6.92 Å². The minimum atomic E-state index is -0.294. The largest absolute Gasteiger partial charge is 0.316 e. The summed E-state index contributed by atoms with van der Waals surface area (Å²) in [5.41, 5.74) is 1.38. The number of hydrogen-bond donors (Lipinski definition) is 2. The maximum absolute atomic E-state index is 13.2. The van der Waals surface area contributed by atoms with Crippen molar-refractivity contribution in [2.75, 3.05) is 18.4 Å². The lowest BCUT2D eigenvalue weighted by molar-refractivity contribution is -0.121. The number of rotatable bonds is 4. The van der Waals surface area contributed by atoms with Gasteiger partial charge in [0.05, 0.1) is 5.69 Å². The summed E-state index contributed by atoms with van der Waals surface area (Å²) in [6, 6.07) is 6.27. The van der Waals surface area contributed by atoms with Gasteiger partial charge in [0, 0.05) is 16.9 Å². The molecule has 6 heteroatoms. The first-order valence-electron chi connectivity index (χ1n) is 6.86. The minimum absolute atomic E-state index is 0.0124. The van der Waals surface area contributed by atoms with E-state index >= 15 is 0 Å². The molecule has 0 spiro atoms. The van der Waals surface area contributed by atoms with Gasteiger partial charge in [-0.05, 0) is 31.1 Å². The second-order valence-corrected chi connectivity index (χ2v) is 6.10. The lowest BCUT2D eigenvalue weighted by Gasteiger charge is -2.31. The Labute approximate surface area is 126 Å². The first kappa shape index (κ1) is 14.2. The molecule has 1 saturated heterocycles. The van der Waals surface area contributed by atoms with Crippen molar-refractivity contribution in [2.45, 2.75) is 6.92 Å². The highest BCUT2D eigenvalue weighted by Crippen LogP contribution is 2.26. The van der Waals surface area contributed by atoms with Gasteiger partial charge in [-0.3, -0.25) is 4.79 Å². The van der Waals surface area contributed by atoms with Crippen LogP contribution in [-0.2, 0) is 4.79 Å². The van der Waals surface area contributed by atoms with Gasteiger partial charge >= 0.3 is 0 Å². The fraction of sp³-hybridized carbons (Fsp3) is 0.333. The molecule has 3 rings (SSSR count). The number of nitrogens with zero attached hydrogens (tertiary/aromatic N) is 1. The standard InChI is InChI=1S/C15H16FN3OS/c1-9(11-6-17-7-11)14(20)19-15-18-13(8-21-15)10-3-2-4-12(16)5-10/h2-5,8-9,11,17H,6-7H2,1H3,(H,18,19,20). The van der Waals surface area contributed by atoms with Crippen LogP contribution >= 0.6 is 11.3 Å². The number of nitrogens with one attached hydrogen (secondary N) is 2. The molecule has 0 aliphatic carbocycles. The van der Waals surface area contributed by atoms with Gasteiger partial charge in [-0.1, -0.05) is 19.1 Å². The Balaban J connectivity index is 1.69. The molecule has 0 radical (unpaired) electrons. The third kappa shape index (κ3) is 3.11. The zero-order valence-corrected chi connectivity index (χ0v) is 12.4. The van der Waals surface area contributed by atoms with E-state index in [1.54, 1.807) is 12.1 Å². The monoisotopic (exact) mass is 305 g/mol. The Hall–Kier alpha value is -1.79. The second-order valence-electron chi connectivity index (χ2n) is 5.24. The van der Waals surface area contributed by atoms with Gasteiger partial charge in [-0.15, -0.1) is 11.3 Å². The van der Waals surface area contributed by atoms with Crippen LogP contribution in [-0.4, -0.2) is 24.0 Å². The molecule has 1 aliphatic heterocycles. The van der Waals surface area contributed by atoms with Gasteiger partial charge in [-0.2, -0.15) is 0 Å². The fourth-order valence-electron chi connectivity index (χ4n) is 2.21. The minimum Gasteiger partial charge on any atom is -0.316 e. The fourth-order valence-corrected chi connectivity index (χ4v) is 2.93. The van der Waals surface area contributed by atoms with Crippen molar-refractivity contribution in [1.29, 1.82) is 0 Å². The summed E-state index contributed by atoms with van der Waals surface area (Å²) in [6.45, 7) is 3.71. The summed E-state index contributed by atoms with van der Waals surface area (Å²) in [5.74, 6) is 0.0549. The number of anilines is 1. The van der Waals surface area contributed by atoms with E-state index in [4.69, 9.17) is 0 Å². The lowest BCUT2D eigenvalue weighted by atomic mass is 9.88. The Morgan fingerprint density at radius 2 is 2.33 bits per heavy atom. The molecular weight excluding hydrogens is 289 g/mol. The molecular formula is C15H16FN3OS. The van der Waals surface area contributed by atoms with Crippen molar-refractivity contribution in [3.05, 3.63) is 35.5 Å². The Morgan fingerprint density at radius 1 is 1.52 bits per heavy atom. The molecule has 2 N–H and O–H groups in total. The number of benzene rings is 1. The predicted molar refractivity (Wildman–Crippen MR) is 81.7 cm³/mol. The van der Waals surface area contributed by atoms with E-state index in [0.29, 0.717) is 22.3 Å². The Morgan fingerprint density at radius 3 is 3.00 bits per heavy atom. The first-order chi connectivity index (χ1) is 10.1. The van der Waals surface area contributed by atoms with Gasteiger partial charge in [0.1, 0.15) is 5.82 Å². The molecule has 1 aliphatic rings.